The van der Waals surface area contributed by atoms with Gasteiger partial charge < -0.3 is 10.5 Å². The van der Waals surface area contributed by atoms with E-state index in [2.05, 4.69) is 9.72 Å². The van der Waals surface area contributed by atoms with Crippen LogP contribution in [0, 0.1) is 6.92 Å². The fourth-order valence-electron chi connectivity index (χ4n) is 1.63. The van der Waals surface area contributed by atoms with Gasteiger partial charge in [-0.2, -0.15) is 0 Å². The molecule has 0 unspecified atom stereocenters. The largest absolute Gasteiger partial charge is 0.573 e. The number of hydrogen-bond acceptors (Lipinski definition) is 5. The zero-order valence-electron chi connectivity index (χ0n) is 11.3. The lowest BCUT2D eigenvalue weighted by Gasteiger charge is -2.10. The third-order valence-corrected chi connectivity index (χ3v) is 4.52. The lowest BCUT2D eigenvalue weighted by molar-refractivity contribution is -0.274. The second kappa shape index (κ2) is 5.48. The number of pyridine rings is 1. The topological polar surface area (TPSA) is 82.3 Å². The van der Waals surface area contributed by atoms with Gasteiger partial charge in [-0.25, -0.2) is 8.42 Å². The molecule has 9 heteroatoms. The highest BCUT2D eigenvalue weighted by atomic mass is 32.2. The Balaban J connectivity index is 2.35. The molecular weight excluding hydrogens is 321 g/mol. The fourth-order valence-corrected chi connectivity index (χ4v) is 2.87. The molecule has 0 aliphatic rings. The summed E-state index contributed by atoms with van der Waals surface area (Å²) in [6, 6.07) is 5.13. The Morgan fingerprint density at radius 3 is 2.23 bits per heavy atom. The molecule has 1 aromatic carbocycles. The summed E-state index contributed by atoms with van der Waals surface area (Å²) in [6.45, 7) is 1.62. The van der Waals surface area contributed by atoms with Crippen LogP contribution in [0.5, 0.6) is 5.75 Å². The Hall–Kier alpha value is -2.29. The molecule has 5 nitrogen and oxygen atoms in total. The number of benzene rings is 1. The van der Waals surface area contributed by atoms with Crippen molar-refractivity contribution in [3.8, 4) is 5.75 Å². The molecule has 1 heterocycles. The molecule has 0 atom stereocenters. The van der Waals surface area contributed by atoms with E-state index >= 15 is 0 Å². The number of aryl methyl sites for hydroxylation is 1. The van der Waals surface area contributed by atoms with E-state index in [9.17, 15) is 21.6 Å². The molecule has 0 aliphatic carbocycles. The van der Waals surface area contributed by atoms with Gasteiger partial charge in [0.15, 0.2) is 0 Å². The average molecular weight is 332 g/mol. The normalized spacial score (nSPS) is 12.2. The van der Waals surface area contributed by atoms with Crippen LogP contribution in [0.3, 0.4) is 0 Å². The van der Waals surface area contributed by atoms with Crippen molar-refractivity contribution in [3.63, 3.8) is 0 Å². The van der Waals surface area contributed by atoms with Crippen LogP contribution in [-0.2, 0) is 9.84 Å². The summed E-state index contributed by atoms with van der Waals surface area (Å²) < 4.78 is 64.5. The lowest BCUT2D eigenvalue weighted by Crippen LogP contribution is -2.17. The third kappa shape index (κ3) is 3.48. The summed E-state index contributed by atoms with van der Waals surface area (Å²) in [5, 5.41) is 0. The van der Waals surface area contributed by atoms with Crippen LogP contribution in [0.25, 0.3) is 0 Å². The predicted octanol–water partition coefficient (Wildman–Crippen LogP) is 2.70. The van der Waals surface area contributed by atoms with Gasteiger partial charge in [0.1, 0.15) is 5.75 Å². The maximum absolute atomic E-state index is 12.3. The monoisotopic (exact) mass is 332 g/mol. The first kappa shape index (κ1) is 16.1. The average Bonchev–Trinajstić information content (AvgIpc) is 2.40. The van der Waals surface area contributed by atoms with Crippen LogP contribution in [0.2, 0.25) is 0 Å². The molecule has 0 saturated carbocycles. The zero-order valence-corrected chi connectivity index (χ0v) is 12.1. The first-order chi connectivity index (χ1) is 10.1. The third-order valence-electron chi connectivity index (χ3n) is 2.78. The highest BCUT2D eigenvalue weighted by Crippen LogP contribution is 2.27. The Kier molecular flexibility index (Phi) is 4.01. The molecule has 0 bridgehead atoms. The maximum Gasteiger partial charge on any atom is 0.573 e. The molecule has 0 aliphatic heterocycles. The van der Waals surface area contributed by atoms with Crippen molar-refractivity contribution in [1.82, 2.24) is 4.98 Å². The van der Waals surface area contributed by atoms with Crippen LogP contribution in [-0.4, -0.2) is 19.8 Å². The van der Waals surface area contributed by atoms with Crippen molar-refractivity contribution < 1.29 is 26.3 Å². The number of nitrogens with two attached hydrogens (primary N) is 1. The Labute approximate surface area is 124 Å². The van der Waals surface area contributed by atoms with Gasteiger partial charge >= 0.3 is 6.36 Å². The standard InChI is InChI=1S/C13H11F3N2O3S/c1-8-12(17)6-11(7-18-8)22(19,20)10-4-2-9(3-5-10)21-13(14,15)16/h2-7H,17H2,1H3. The minimum atomic E-state index is -4.84. The van der Waals surface area contributed by atoms with E-state index in [4.69, 9.17) is 5.73 Å². The molecule has 2 aromatic rings. The molecule has 118 valence electrons. The van der Waals surface area contributed by atoms with E-state index in [1.165, 1.54) is 6.07 Å². The van der Waals surface area contributed by atoms with Crippen molar-refractivity contribution in [1.29, 1.82) is 0 Å². The van der Waals surface area contributed by atoms with Crippen molar-refractivity contribution in [2.75, 3.05) is 5.73 Å². The van der Waals surface area contributed by atoms with E-state index in [0.29, 0.717) is 5.69 Å². The SMILES string of the molecule is Cc1ncc(S(=O)(=O)c2ccc(OC(F)(F)F)cc2)cc1N. The van der Waals surface area contributed by atoms with Crippen LogP contribution < -0.4 is 10.5 Å². The molecule has 1 aromatic heterocycles. The second-order valence-electron chi connectivity index (χ2n) is 4.37. The number of ether oxygens (including phenoxy) is 1. The van der Waals surface area contributed by atoms with E-state index in [0.717, 1.165) is 30.5 Å². The Bertz CT molecular complexity index is 787. The van der Waals surface area contributed by atoms with Crippen molar-refractivity contribution in [3.05, 3.63) is 42.2 Å². The van der Waals surface area contributed by atoms with E-state index in [1.54, 1.807) is 6.92 Å². The molecule has 0 spiro atoms. The van der Waals surface area contributed by atoms with E-state index in [-0.39, 0.29) is 15.5 Å². The van der Waals surface area contributed by atoms with Crippen molar-refractivity contribution >= 4 is 15.5 Å². The number of sulfone groups is 1. The highest BCUT2D eigenvalue weighted by molar-refractivity contribution is 7.91. The van der Waals surface area contributed by atoms with Crippen LogP contribution in [0.15, 0.2) is 46.3 Å². The van der Waals surface area contributed by atoms with Crippen LogP contribution >= 0.6 is 0 Å². The minimum absolute atomic E-state index is 0.139. The summed E-state index contributed by atoms with van der Waals surface area (Å²) in [4.78, 5) is 3.53. The van der Waals surface area contributed by atoms with Gasteiger partial charge in [0.05, 0.1) is 21.2 Å². The highest BCUT2D eigenvalue weighted by Gasteiger charge is 2.31. The summed E-state index contributed by atoms with van der Waals surface area (Å²) in [5.41, 5.74) is 6.30. The molecule has 0 saturated heterocycles. The number of alkyl halides is 3. The molecule has 0 fully saturated rings. The molecule has 2 N–H and O–H groups in total. The smallest absolute Gasteiger partial charge is 0.406 e. The Morgan fingerprint density at radius 1 is 1.14 bits per heavy atom. The molecule has 0 amide bonds. The number of nitrogens with zero attached hydrogens (tertiary/aromatic N) is 1. The van der Waals surface area contributed by atoms with Gasteiger partial charge in [-0.05, 0) is 37.3 Å². The van der Waals surface area contributed by atoms with Gasteiger partial charge in [-0.15, -0.1) is 13.2 Å². The number of nitrogen functional groups attached to an aromatic ring is 1. The summed E-state index contributed by atoms with van der Waals surface area (Å²) in [6.07, 6.45) is -3.70. The first-order valence-corrected chi connectivity index (χ1v) is 7.41. The number of rotatable bonds is 3. The van der Waals surface area contributed by atoms with Gasteiger partial charge in [-0.3, -0.25) is 4.98 Å². The number of anilines is 1. The summed E-state index contributed by atoms with van der Waals surface area (Å²) in [5.74, 6) is -0.506. The van der Waals surface area contributed by atoms with E-state index in [1.807, 2.05) is 0 Å². The van der Waals surface area contributed by atoms with Crippen LogP contribution in [0.1, 0.15) is 5.69 Å². The zero-order chi connectivity index (χ0) is 16.5. The fraction of sp³-hybridized carbons (Fsp3) is 0.154. The summed E-state index contributed by atoms with van der Waals surface area (Å²) in [7, 11) is -3.92. The van der Waals surface area contributed by atoms with Crippen molar-refractivity contribution in [2.24, 2.45) is 0 Å². The molecule has 0 radical (unpaired) electrons. The quantitative estimate of drug-likeness (QED) is 0.934. The number of halogens is 3. The van der Waals surface area contributed by atoms with Crippen molar-refractivity contribution in [2.45, 2.75) is 23.1 Å². The maximum atomic E-state index is 12.3. The second-order valence-corrected chi connectivity index (χ2v) is 6.32. The van der Waals surface area contributed by atoms with Gasteiger partial charge in [0, 0.05) is 6.20 Å². The molecular formula is C13H11F3N2O3S. The molecule has 22 heavy (non-hydrogen) atoms. The lowest BCUT2D eigenvalue weighted by atomic mass is 10.3. The Morgan fingerprint density at radius 2 is 1.73 bits per heavy atom. The summed E-state index contributed by atoms with van der Waals surface area (Å²) >= 11 is 0. The van der Waals surface area contributed by atoms with Gasteiger partial charge in [0.2, 0.25) is 9.84 Å². The molecule has 2 rings (SSSR count). The van der Waals surface area contributed by atoms with E-state index < -0.39 is 21.9 Å². The van der Waals surface area contributed by atoms with Crippen LogP contribution in [0.4, 0.5) is 18.9 Å². The van der Waals surface area contributed by atoms with Gasteiger partial charge in [0.25, 0.3) is 0 Å². The number of hydrogen-bond donors (Lipinski definition) is 1. The number of aromatic nitrogens is 1. The minimum Gasteiger partial charge on any atom is -0.406 e. The first-order valence-electron chi connectivity index (χ1n) is 5.92. The van der Waals surface area contributed by atoms with Gasteiger partial charge in [-0.1, -0.05) is 0 Å². The predicted molar refractivity (Wildman–Crippen MR) is 72.0 cm³/mol.